The Morgan fingerprint density at radius 1 is 1.68 bits per heavy atom. The summed E-state index contributed by atoms with van der Waals surface area (Å²) in [6, 6.07) is 0. The van der Waals surface area contributed by atoms with Crippen molar-refractivity contribution in [3.63, 3.8) is 0 Å². The van der Waals surface area contributed by atoms with Crippen LogP contribution in [0.4, 0.5) is 0 Å². The lowest BCUT2D eigenvalue weighted by molar-refractivity contribution is 0.188. The van der Waals surface area contributed by atoms with Gasteiger partial charge in [0.1, 0.15) is 0 Å². The van der Waals surface area contributed by atoms with E-state index in [0.29, 0.717) is 13.1 Å². The number of likely N-dealkylation sites (tertiary alicyclic amines) is 1. The third kappa shape index (κ3) is 4.88. The Kier molecular flexibility index (Phi) is 7.01. The molecule has 0 saturated carbocycles. The number of aromatic nitrogens is 1. The molecule has 0 bridgehead atoms. The van der Waals surface area contributed by atoms with Gasteiger partial charge in [-0.1, -0.05) is 0 Å². The first kappa shape index (κ1) is 16.6. The molecule has 7 heteroatoms. The van der Waals surface area contributed by atoms with Crippen molar-refractivity contribution < 1.29 is 5.11 Å². The summed E-state index contributed by atoms with van der Waals surface area (Å²) >= 11 is 1.68. The maximum absolute atomic E-state index is 9.57. The van der Waals surface area contributed by atoms with Gasteiger partial charge in [-0.05, 0) is 20.3 Å². The van der Waals surface area contributed by atoms with Gasteiger partial charge < -0.3 is 15.3 Å². The Morgan fingerprint density at radius 2 is 2.47 bits per heavy atom. The summed E-state index contributed by atoms with van der Waals surface area (Å²) in [6.07, 6.45) is 2.48. The van der Waals surface area contributed by atoms with Gasteiger partial charge in [0.15, 0.2) is 5.96 Å². The van der Waals surface area contributed by atoms with Crippen LogP contribution in [0.3, 0.4) is 0 Å². The van der Waals surface area contributed by atoms with Crippen molar-refractivity contribution in [1.82, 2.24) is 15.2 Å². The van der Waals surface area contributed by atoms with Gasteiger partial charge >= 0.3 is 0 Å². The van der Waals surface area contributed by atoms with E-state index in [1.807, 2.05) is 13.1 Å². The molecule has 1 aromatic heterocycles. The minimum Gasteiger partial charge on any atom is -0.391 e. The van der Waals surface area contributed by atoms with Crippen LogP contribution < -0.4 is 5.32 Å². The number of aliphatic hydroxyl groups excluding tert-OH is 1. The minimum absolute atomic E-state index is 0. The predicted octanol–water partition coefficient (Wildman–Crippen LogP) is 1.60. The molecule has 1 aromatic rings. The lowest BCUT2D eigenvalue weighted by atomic mass is 10.3. The third-order valence-corrected chi connectivity index (χ3v) is 3.75. The number of aryl methyl sites for hydroxylation is 1. The van der Waals surface area contributed by atoms with Crippen molar-refractivity contribution in [3.05, 3.63) is 16.1 Å². The van der Waals surface area contributed by atoms with Crippen LogP contribution in [-0.4, -0.2) is 46.7 Å². The van der Waals surface area contributed by atoms with E-state index >= 15 is 0 Å². The number of β-amino-alcohol motifs (C(OH)–C–C–N with tert-alkyl or cyclic N) is 1. The maximum Gasteiger partial charge on any atom is 0.194 e. The van der Waals surface area contributed by atoms with Crippen LogP contribution in [0.2, 0.25) is 0 Å². The molecule has 0 amide bonds. The van der Waals surface area contributed by atoms with Crippen LogP contribution in [-0.2, 0) is 6.54 Å². The summed E-state index contributed by atoms with van der Waals surface area (Å²) in [4.78, 5) is 12.1. The summed E-state index contributed by atoms with van der Waals surface area (Å²) in [5.74, 6) is 0.889. The van der Waals surface area contributed by atoms with Crippen LogP contribution in [0.5, 0.6) is 0 Å². The summed E-state index contributed by atoms with van der Waals surface area (Å²) in [6.45, 7) is 7.09. The normalized spacial score (nSPS) is 19.4. The topological polar surface area (TPSA) is 60.8 Å². The van der Waals surface area contributed by atoms with Crippen molar-refractivity contribution >= 4 is 41.3 Å². The molecule has 2 N–H and O–H groups in total. The second kappa shape index (κ2) is 8.01. The SMILES string of the molecule is CCNC(=NCc1cnc(C)s1)N1CC[C@@H](O)C1.I. The summed E-state index contributed by atoms with van der Waals surface area (Å²) < 4.78 is 0. The third-order valence-electron chi connectivity index (χ3n) is 2.85. The zero-order valence-corrected chi connectivity index (χ0v) is 14.4. The Hall–Kier alpha value is -0.410. The number of aliphatic hydroxyl groups is 1. The molecule has 1 aliphatic rings. The molecular weight excluding hydrogens is 375 g/mol. The zero-order valence-electron chi connectivity index (χ0n) is 11.3. The number of nitrogens with zero attached hydrogens (tertiary/aromatic N) is 3. The zero-order chi connectivity index (χ0) is 13.0. The number of guanidine groups is 1. The van der Waals surface area contributed by atoms with Crippen LogP contribution in [0.15, 0.2) is 11.2 Å². The van der Waals surface area contributed by atoms with Crippen LogP contribution >= 0.6 is 35.3 Å². The molecule has 5 nitrogen and oxygen atoms in total. The maximum atomic E-state index is 9.57. The van der Waals surface area contributed by atoms with E-state index in [1.54, 1.807) is 11.3 Å². The van der Waals surface area contributed by atoms with Gasteiger partial charge in [-0.25, -0.2) is 9.98 Å². The van der Waals surface area contributed by atoms with Gasteiger partial charge in [0.05, 0.1) is 17.7 Å². The Bertz CT molecular complexity index is 424. The van der Waals surface area contributed by atoms with Crippen molar-refractivity contribution in [2.75, 3.05) is 19.6 Å². The predicted molar refractivity (Wildman–Crippen MR) is 89.3 cm³/mol. The molecule has 1 aliphatic heterocycles. The van der Waals surface area contributed by atoms with Crippen molar-refractivity contribution in [1.29, 1.82) is 0 Å². The molecule has 0 spiro atoms. The monoisotopic (exact) mass is 396 g/mol. The summed E-state index contributed by atoms with van der Waals surface area (Å²) in [7, 11) is 0. The van der Waals surface area contributed by atoms with E-state index in [1.165, 1.54) is 4.88 Å². The molecule has 2 heterocycles. The number of thiazole rings is 1. The molecule has 0 aliphatic carbocycles. The number of hydrogen-bond acceptors (Lipinski definition) is 4. The number of nitrogens with one attached hydrogen (secondary N) is 1. The molecule has 0 aromatic carbocycles. The van der Waals surface area contributed by atoms with Gasteiger partial charge in [0, 0.05) is 30.7 Å². The first-order valence-electron chi connectivity index (χ1n) is 6.31. The standard InChI is InChI=1S/C12H20N4OS.HI/c1-3-13-12(16-5-4-10(17)8-16)15-7-11-6-14-9(2)18-11;/h6,10,17H,3-5,7-8H2,1-2H3,(H,13,15);1H/t10-;/m1./s1. The quantitative estimate of drug-likeness (QED) is 0.463. The molecule has 0 unspecified atom stereocenters. The first-order chi connectivity index (χ1) is 8.69. The average molecular weight is 396 g/mol. The molecular formula is C12H21IN4OS. The van der Waals surface area contributed by atoms with E-state index in [9.17, 15) is 5.11 Å². The summed E-state index contributed by atoms with van der Waals surface area (Å²) in [5.41, 5.74) is 0. The van der Waals surface area contributed by atoms with Gasteiger partial charge in [-0.3, -0.25) is 0 Å². The van der Waals surface area contributed by atoms with E-state index in [-0.39, 0.29) is 30.1 Å². The highest BCUT2D eigenvalue weighted by Gasteiger charge is 2.22. The van der Waals surface area contributed by atoms with Crippen molar-refractivity contribution in [2.24, 2.45) is 4.99 Å². The fourth-order valence-corrected chi connectivity index (χ4v) is 2.71. The van der Waals surface area contributed by atoms with Crippen molar-refractivity contribution in [3.8, 4) is 0 Å². The Balaban J connectivity index is 0.00000180. The molecule has 19 heavy (non-hydrogen) atoms. The number of hydrogen-bond donors (Lipinski definition) is 2. The molecule has 1 saturated heterocycles. The molecule has 2 rings (SSSR count). The minimum atomic E-state index is -0.223. The van der Waals surface area contributed by atoms with Gasteiger partial charge in [0.2, 0.25) is 0 Å². The van der Waals surface area contributed by atoms with E-state index in [4.69, 9.17) is 0 Å². The van der Waals surface area contributed by atoms with Gasteiger partial charge in [-0.2, -0.15) is 0 Å². The molecule has 1 fully saturated rings. The molecule has 108 valence electrons. The number of aliphatic imine (C=N–C) groups is 1. The Labute approximate surface area is 135 Å². The second-order valence-electron chi connectivity index (χ2n) is 4.40. The highest BCUT2D eigenvalue weighted by Crippen LogP contribution is 2.14. The van der Waals surface area contributed by atoms with E-state index in [0.717, 1.165) is 30.5 Å². The van der Waals surface area contributed by atoms with Crippen molar-refractivity contribution in [2.45, 2.75) is 32.9 Å². The van der Waals surface area contributed by atoms with Crippen LogP contribution in [0.1, 0.15) is 23.2 Å². The smallest absolute Gasteiger partial charge is 0.194 e. The lowest BCUT2D eigenvalue weighted by Gasteiger charge is -2.20. The lowest BCUT2D eigenvalue weighted by Crippen LogP contribution is -2.40. The molecule has 0 radical (unpaired) electrons. The largest absolute Gasteiger partial charge is 0.391 e. The van der Waals surface area contributed by atoms with E-state index in [2.05, 4.69) is 27.1 Å². The molecule has 1 atom stereocenters. The van der Waals surface area contributed by atoms with Crippen LogP contribution in [0, 0.1) is 6.92 Å². The average Bonchev–Trinajstić information content (AvgIpc) is 2.94. The number of halogens is 1. The fraction of sp³-hybridized carbons (Fsp3) is 0.667. The van der Waals surface area contributed by atoms with Gasteiger partial charge in [-0.15, -0.1) is 35.3 Å². The van der Waals surface area contributed by atoms with Crippen LogP contribution in [0.25, 0.3) is 0 Å². The Morgan fingerprint density at radius 3 is 3.00 bits per heavy atom. The number of rotatable bonds is 3. The van der Waals surface area contributed by atoms with E-state index < -0.39 is 0 Å². The summed E-state index contributed by atoms with van der Waals surface area (Å²) in [5, 5.41) is 13.9. The second-order valence-corrected chi connectivity index (χ2v) is 5.72. The first-order valence-corrected chi connectivity index (χ1v) is 7.13. The van der Waals surface area contributed by atoms with Gasteiger partial charge in [0.25, 0.3) is 0 Å². The fourth-order valence-electron chi connectivity index (χ4n) is 1.99. The highest BCUT2D eigenvalue weighted by molar-refractivity contribution is 14.0. The highest BCUT2D eigenvalue weighted by atomic mass is 127.